The molecule has 0 spiro atoms. The standard InChI is InChI=1S/C22H24N2O2S/c1-15-8-10-19(11-9-15)26-13-22-24-18(14-27-22)12-21(25)23-17(3)20-7-5-4-6-16(20)2/h4-11,14,17H,12-13H2,1-3H3,(H,23,25). The number of aromatic nitrogens is 1. The molecule has 0 fully saturated rings. The summed E-state index contributed by atoms with van der Waals surface area (Å²) in [6.07, 6.45) is 0.275. The average Bonchev–Trinajstić information content (AvgIpc) is 3.08. The second-order valence-corrected chi connectivity index (χ2v) is 7.60. The first kappa shape index (κ1) is 19.1. The number of rotatable bonds is 7. The minimum absolute atomic E-state index is 0.0259. The van der Waals surface area contributed by atoms with Crippen molar-refractivity contribution in [2.45, 2.75) is 39.8 Å². The summed E-state index contributed by atoms with van der Waals surface area (Å²) in [7, 11) is 0. The predicted octanol–water partition coefficient (Wildman–Crippen LogP) is 4.76. The number of thiazole rings is 1. The Morgan fingerprint density at radius 1 is 1.15 bits per heavy atom. The fraction of sp³-hybridized carbons (Fsp3) is 0.273. The summed E-state index contributed by atoms with van der Waals surface area (Å²) in [5, 5.41) is 5.84. The number of nitrogens with one attached hydrogen (secondary N) is 1. The van der Waals surface area contributed by atoms with Crippen molar-refractivity contribution in [2.75, 3.05) is 0 Å². The van der Waals surface area contributed by atoms with Crippen LogP contribution in [-0.2, 0) is 17.8 Å². The van der Waals surface area contributed by atoms with Crippen LogP contribution in [0.3, 0.4) is 0 Å². The van der Waals surface area contributed by atoms with Gasteiger partial charge in [0.1, 0.15) is 17.4 Å². The molecule has 0 aliphatic heterocycles. The van der Waals surface area contributed by atoms with Crippen molar-refractivity contribution in [2.24, 2.45) is 0 Å². The van der Waals surface area contributed by atoms with Crippen LogP contribution < -0.4 is 10.1 Å². The van der Waals surface area contributed by atoms with Crippen LogP contribution >= 0.6 is 11.3 Å². The molecular weight excluding hydrogens is 356 g/mol. The molecule has 1 unspecified atom stereocenters. The lowest BCUT2D eigenvalue weighted by atomic mass is 10.0. The van der Waals surface area contributed by atoms with Gasteiger partial charge in [0.2, 0.25) is 5.91 Å². The van der Waals surface area contributed by atoms with Crippen LogP contribution in [0.1, 0.15) is 40.4 Å². The number of hydrogen-bond acceptors (Lipinski definition) is 4. The quantitative estimate of drug-likeness (QED) is 0.643. The van der Waals surface area contributed by atoms with E-state index in [4.69, 9.17) is 4.74 Å². The van der Waals surface area contributed by atoms with Crippen molar-refractivity contribution < 1.29 is 9.53 Å². The highest BCUT2D eigenvalue weighted by Gasteiger charge is 2.13. The third-order valence-electron chi connectivity index (χ3n) is 4.36. The fourth-order valence-electron chi connectivity index (χ4n) is 2.88. The zero-order chi connectivity index (χ0) is 19.2. The molecule has 140 valence electrons. The van der Waals surface area contributed by atoms with Gasteiger partial charge in [0, 0.05) is 5.38 Å². The van der Waals surface area contributed by atoms with Gasteiger partial charge in [-0.1, -0.05) is 42.0 Å². The summed E-state index contributed by atoms with van der Waals surface area (Å²) in [6.45, 7) is 6.51. The summed E-state index contributed by atoms with van der Waals surface area (Å²) < 4.78 is 5.75. The number of carbonyl (C=O) groups excluding carboxylic acids is 1. The highest BCUT2D eigenvalue weighted by Crippen LogP contribution is 2.18. The van der Waals surface area contributed by atoms with Gasteiger partial charge in [0.15, 0.2) is 0 Å². The molecule has 0 saturated carbocycles. The van der Waals surface area contributed by atoms with Crippen molar-refractivity contribution in [3.8, 4) is 5.75 Å². The molecular formula is C22H24N2O2S. The van der Waals surface area contributed by atoms with Crippen molar-refractivity contribution in [3.05, 3.63) is 81.3 Å². The summed E-state index contributed by atoms with van der Waals surface area (Å²) in [6, 6.07) is 16.0. The maximum absolute atomic E-state index is 12.4. The number of aryl methyl sites for hydroxylation is 2. The van der Waals surface area contributed by atoms with E-state index >= 15 is 0 Å². The van der Waals surface area contributed by atoms with Crippen LogP contribution in [0.2, 0.25) is 0 Å². The Labute approximate surface area is 164 Å². The first-order valence-corrected chi connectivity index (χ1v) is 9.87. The van der Waals surface area contributed by atoms with E-state index in [-0.39, 0.29) is 18.4 Å². The van der Waals surface area contributed by atoms with E-state index in [9.17, 15) is 4.79 Å². The van der Waals surface area contributed by atoms with Crippen LogP contribution in [-0.4, -0.2) is 10.9 Å². The van der Waals surface area contributed by atoms with E-state index < -0.39 is 0 Å². The number of carbonyl (C=O) groups is 1. The second kappa shape index (κ2) is 8.82. The molecule has 0 aliphatic carbocycles. The van der Waals surface area contributed by atoms with Crippen molar-refractivity contribution >= 4 is 17.2 Å². The Balaban J connectivity index is 1.51. The molecule has 4 nitrogen and oxygen atoms in total. The third kappa shape index (κ3) is 5.41. The fourth-order valence-corrected chi connectivity index (χ4v) is 3.59. The normalized spacial score (nSPS) is 11.8. The van der Waals surface area contributed by atoms with Crippen LogP contribution in [0.5, 0.6) is 5.75 Å². The number of hydrogen-bond donors (Lipinski definition) is 1. The molecule has 1 aromatic heterocycles. The van der Waals surface area contributed by atoms with E-state index in [0.717, 1.165) is 22.0 Å². The number of nitrogens with zero attached hydrogens (tertiary/aromatic N) is 1. The van der Waals surface area contributed by atoms with Crippen LogP contribution in [0.15, 0.2) is 53.9 Å². The van der Waals surface area contributed by atoms with E-state index in [2.05, 4.69) is 23.3 Å². The van der Waals surface area contributed by atoms with Gasteiger partial charge in [-0.3, -0.25) is 4.79 Å². The molecule has 1 amide bonds. The summed E-state index contributed by atoms with van der Waals surface area (Å²) in [5.41, 5.74) is 4.28. The van der Waals surface area contributed by atoms with E-state index in [1.165, 1.54) is 22.5 Å². The molecule has 3 aromatic rings. The molecule has 27 heavy (non-hydrogen) atoms. The predicted molar refractivity (Wildman–Crippen MR) is 109 cm³/mol. The van der Waals surface area contributed by atoms with Gasteiger partial charge < -0.3 is 10.1 Å². The van der Waals surface area contributed by atoms with Gasteiger partial charge in [-0.15, -0.1) is 11.3 Å². The highest BCUT2D eigenvalue weighted by molar-refractivity contribution is 7.09. The zero-order valence-corrected chi connectivity index (χ0v) is 16.7. The zero-order valence-electron chi connectivity index (χ0n) is 15.9. The minimum atomic E-state index is -0.0262. The SMILES string of the molecule is Cc1ccc(OCc2nc(CC(=O)NC(C)c3ccccc3C)cs2)cc1. The van der Waals surface area contributed by atoms with Gasteiger partial charge in [-0.2, -0.15) is 0 Å². The second-order valence-electron chi connectivity index (χ2n) is 6.66. The van der Waals surface area contributed by atoms with Gasteiger partial charge in [-0.25, -0.2) is 4.98 Å². The van der Waals surface area contributed by atoms with E-state index in [1.807, 2.05) is 61.7 Å². The molecule has 5 heteroatoms. The smallest absolute Gasteiger partial charge is 0.226 e. The monoisotopic (exact) mass is 380 g/mol. The Kier molecular flexibility index (Phi) is 6.24. The van der Waals surface area contributed by atoms with Gasteiger partial charge in [0.05, 0.1) is 18.2 Å². The lowest BCUT2D eigenvalue weighted by Crippen LogP contribution is -2.28. The summed E-state index contributed by atoms with van der Waals surface area (Å²) in [5.74, 6) is 0.796. The van der Waals surface area contributed by atoms with Crippen molar-refractivity contribution in [1.29, 1.82) is 0 Å². The summed E-state index contributed by atoms with van der Waals surface area (Å²) >= 11 is 1.52. The molecule has 1 heterocycles. The molecule has 0 saturated heterocycles. The van der Waals surface area contributed by atoms with E-state index in [0.29, 0.717) is 6.61 Å². The third-order valence-corrected chi connectivity index (χ3v) is 5.23. The van der Waals surface area contributed by atoms with Gasteiger partial charge >= 0.3 is 0 Å². The van der Waals surface area contributed by atoms with Gasteiger partial charge in [0.25, 0.3) is 0 Å². The molecule has 1 atom stereocenters. The Hall–Kier alpha value is -2.66. The van der Waals surface area contributed by atoms with Crippen molar-refractivity contribution in [3.63, 3.8) is 0 Å². The summed E-state index contributed by atoms with van der Waals surface area (Å²) in [4.78, 5) is 16.9. The largest absolute Gasteiger partial charge is 0.486 e. The average molecular weight is 381 g/mol. The Morgan fingerprint density at radius 2 is 1.89 bits per heavy atom. The number of benzene rings is 2. The first-order valence-electron chi connectivity index (χ1n) is 8.99. The van der Waals surface area contributed by atoms with Crippen molar-refractivity contribution in [1.82, 2.24) is 10.3 Å². The topological polar surface area (TPSA) is 51.2 Å². The Bertz CT molecular complexity index is 903. The van der Waals surface area contributed by atoms with Crippen LogP contribution in [0.4, 0.5) is 0 Å². The maximum atomic E-state index is 12.4. The number of amides is 1. The molecule has 0 radical (unpaired) electrons. The minimum Gasteiger partial charge on any atom is -0.486 e. The lowest BCUT2D eigenvalue weighted by molar-refractivity contribution is -0.121. The maximum Gasteiger partial charge on any atom is 0.226 e. The van der Waals surface area contributed by atoms with E-state index in [1.54, 1.807) is 0 Å². The van der Waals surface area contributed by atoms with Crippen LogP contribution in [0.25, 0.3) is 0 Å². The molecule has 0 aliphatic rings. The highest BCUT2D eigenvalue weighted by atomic mass is 32.1. The molecule has 0 bridgehead atoms. The number of ether oxygens (including phenoxy) is 1. The lowest BCUT2D eigenvalue weighted by Gasteiger charge is -2.16. The van der Waals surface area contributed by atoms with Gasteiger partial charge in [-0.05, 0) is 44.0 Å². The molecule has 1 N–H and O–H groups in total. The first-order chi connectivity index (χ1) is 13.0. The van der Waals surface area contributed by atoms with Crippen LogP contribution in [0, 0.1) is 13.8 Å². The molecule has 2 aromatic carbocycles. The Morgan fingerprint density at radius 3 is 2.63 bits per heavy atom. The molecule has 3 rings (SSSR count).